The van der Waals surface area contributed by atoms with Crippen LogP contribution in [0.1, 0.15) is 21.9 Å². The molecule has 0 atom stereocenters. The molecule has 1 heterocycles. The number of ketones is 1. The van der Waals surface area contributed by atoms with Gasteiger partial charge in [0.25, 0.3) is 0 Å². The van der Waals surface area contributed by atoms with E-state index in [1.54, 1.807) is 6.92 Å². The first-order valence-corrected chi connectivity index (χ1v) is 5.56. The summed E-state index contributed by atoms with van der Waals surface area (Å²) in [7, 11) is 0. The maximum atomic E-state index is 12.3. The summed E-state index contributed by atoms with van der Waals surface area (Å²) in [5, 5.41) is 0. The van der Waals surface area contributed by atoms with E-state index in [2.05, 4.69) is 14.7 Å². The zero-order valence-electron chi connectivity index (χ0n) is 10.3. The van der Waals surface area contributed by atoms with Crippen molar-refractivity contribution in [3.05, 3.63) is 53.6 Å². The molecule has 0 aliphatic rings. The maximum Gasteiger partial charge on any atom is 0.573 e. The van der Waals surface area contributed by atoms with Gasteiger partial charge >= 0.3 is 6.36 Å². The number of alkyl halides is 3. The van der Waals surface area contributed by atoms with Crippen LogP contribution in [0.4, 0.5) is 13.2 Å². The molecule has 104 valence electrons. The molecular formula is C13H9F3N2O2. The molecule has 0 saturated heterocycles. The van der Waals surface area contributed by atoms with Crippen molar-refractivity contribution >= 4 is 5.78 Å². The molecule has 0 radical (unpaired) electrons. The first kappa shape index (κ1) is 14.0. The van der Waals surface area contributed by atoms with Crippen LogP contribution >= 0.6 is 0 Å². The minimum atomic E-state index is -4.86. The minimum absolute atomic E-state index is 0.00993. The summed E-state index contributed by atoms with van der Waals surface area (Å²) < 4.78 is 40.7. The van der Waals surface area contributed by atoms with E-state index < -0.39 is 17.9 Å². The number of hydrogen-bond donors (Lipinski definition) is 0. The zero-order chi connectivity index (χ0) is 14.8. The highest BCUT2D eigenvalue weighted by molar-refractivity contribution is 6.09. The Morgan fingerprint density at radius 3 is 2.55 bits per heavy atom. The summed E-state index contributed by atoms with van der Waals surface area (Å²) in [6, 6.07) is 6.46. The molecular weight excluding hydrogens is 273 g/mol. The van der Waals surface area contributed by atoms with Gasteiger partial charge in [-0.05, 0) is 25.1 Å². The van der Waals surface area contributed by atoms with Crippen molar-refractivity contribution in [1.82, 2.24) is 9.97 Å². The van der Waals surface area contributed by atoms with Crippen LogP contribution in [0, 0.1) is 6.92 Å². The monoisotopic (exact) mass is 282 g/mol. The normalized spacial score (nSPS) is 11.2. The van der Waals surface area contributed by atoms with E-state index in [1.165, 1.54) is 30.5 Å². The minimum Gasteiger partial charge on any atom is -0.405 e. The molecule has 20 heavy (non-hydrogen) atoms. The van der Waals surface area contributed by atoms with E-state index in [0.29, 0.717) is 5.82 Å². The lowest BCUT2D eigenvalue weighted by Gasteiger charge is -2.12. The SMILES string of the molecule is Cc1nccc(C(=O)c2ccccc2OC(F)(F)F)n1. The van der Waals surface area contributed by atoms with Gasteiger partial charge in [0.05, 0.1) is 5.56 Å². The van der Waals surface area contributed by atoms with Crippen LogP contribution in [0.5, 0.6) is 5.75 Å². The smallest absolute Gasteiger partial charge is 0.405 e. The van der Waals surface area contributed by atoms with E-state index >= 15 is 0 Å². The van der Waals surface area contributed by atoms with Crippen molar-refractivity contribution < 1.29 is 22.7 Å². The third-order valence-electron chi connectivity index (χ3n) is 2.37. The number of rotatable bonds is 3. The fourth-order valence-corrected chi connectivity index (χ4v) is 1.59. The molecule has 0 spiro atoms. The third-order valence-corrected chi connectivity index (χ3v) is 2.37. The second-order valence-corrected chi connectivity index (χ2v) is 3.86. The number of nitrogens with zero attached hydrogens (tertiary/aromatic N) is 2. The van der Waals surface area contributed by atoms with Gasteiger partial charge in [0.1, 0.15) is 17.3 Å². The van der Waals surface area contributed by atoms with Gasteiger partial charge in [0.15, 0.2) is 0 Å². The number of aryl methyl sites for hydroxylation is 1. The highest BCUT2D eigenvalue weighted by Gasteiger charge is 2.33. The van der Waals surface area contributed by atoms with E-state index in [0.717, 1.165) is 6.07 Å². The van der Waals surface area contributed by atoms with Gasteiger partial charge in [0.2, 0.25) is 5.78 Å². The average molecular weight is 282 g/mol. The van der Waals surface area contributed by atoms with Gasteiger partial charge < -0.3 is 4.74 Å². The van der Waals surface area contributed by atoms with Crippen molar-refractivity contribution in [3.63, 3.8) is 0 Å². The van der Waals surface area contributed by atoms with Gasteiger partial charge in [-0.2, -0.15) is 0 Å². The summed E-state index contributed by atoms with van der Waals surface area (Å²) >= 11 is 0. The number of carbonyl (C=O) groups is 1. The molecule has 0 N–H and O–H groups in total. The van der Waals surface area contributed by atoms with Crippen LogP contribution in [-0.2, 0) is 0 Å². The van der Waals surface area contributed by atoms with Gasteiger partial charge in [0, 0.05) is 6.20 Å². The Bertz CT molecular complexity index is 642. The largest absolute Gasteiger partial charge is 0.573 e. The fourth-order valence-electron chi connectivity index (χ4n) is 1.59. The summed E-state index contributed by atoms with van der Waals surface area (Å²) in [6.07, 6.45) is -3.50. The second-order valence-electron chi connectivity index (χ2n) is 3.86. The maximum absolute atomic E-state index is 12.3. The number of benzene rings is 1. The third kappa shape index (κ3) is 3.31. The van der Waals surface area contributed by atoms with Crippen LogP contribution < -0.4 is 4.74 Å². The molecule has 7 heteroatoms. The van der Waals surface area contributed by atoms with Crippen LogP contribution in [-0.4, -0.2) is 22.1 Å². The topological polar surface area (TPSA) is 52.1 Å². The van der Waals surface area contributed by atoms with Crippen molar-refractivity contribution in [2.75, 3.05) is 0 Å². The summed E-state index contributed by atoms with van der Waals surface area (Å²) in [4.78, 5) is 19.9. The Kier molecular flexibility index (Phi) is 3.69. The standard InChI is InChI=1S/C13H9F3N2O2/c1-8-17-7-6-10(18-8)12(19)9-4-2-3-5-11(9)20-13(14,15)16/h2-7H,1H3. The molecule has 0 saturated carbocycles. The molecule has 2 rings (SSSR count). The molecule has 1 aromatic heterocycles. The van der Waals surface area contributed by atoms with Crippen molar-refractivity contribution in [2.45, 2.75) is 13.3 Å². The molecule has 0 aliphatic carbocycles. The Balaban J connectivity index is 2.40. The molecule has 0 aliphatic heterocycles. The number of para-hydroxylation sites is 1. The Morgan fingerprint density at radius 1 is 1.20 bits per heavy atom. The number of aromatic nitrogens is 2. The van der Waals surface area contributed by atoms with E-state index in [-0.39, 0.29) is 11.3 Å². The Labute approximate surface area is 112 Å². The van der Waals surface area contributed by atoms with E-state index in [4.69, 9.17) is 0 Å². The highest BCUT2D eigenvalue weighted by atomic mass is 19.4. The molecule has 0 amide bonds. The van der Waals surface area contributed by atoms with E-state index in [1.807, 2.05) is 0 Å². The number of ether oxygens (including phenoxy) is 1. The Morgan fingerprint density at radius 2 is 1.90 bits per heavy atom. The van der Waals surface area contributed by atoms with Gasteiger partial charge in [-0.1, -0.05) is 12.1 Å². The number of carbonyl (C=O) groups excluding carboxylic acids is 1. The van der Waals surface area contributed by atoms with Crippen LogP contribution in [0.25, 0.3) is 0 Å². The van der Waals surface area contributed by atoms with Gasteiger partial charge in [-0.25, -0.2) is 9.97 Å². The summed E-state index contributed by atoms with van der Waals surface area (Å²) in [5.41, 5.74) is -0.196. The summed E-state index contributed by atoms with van der Waals surface area (Å²) in [5.74, 6) is -0.860. The second kappa shape index (κ2) is 5.28. The highest BCUT2D eigenvalue weighted by Crippen LogP contribution is 2.27. The van der Waals surface area contributed by atoms with Crippen molar-refractivity contribution in [1.29, 1.82) is 0 Å². The molecule has 2 aromatic rings. The predicted octanol–water partition coefficient (Wildman–Crippen LogP) is 2.91. The van der Waals surface area contributed by atoms with Crippen LogP contribution in [0.2, 0.25) is 0 Å². The van der Waals surface area contributed by atoms with Crippen molar-refractivity contribution in [3.8, 4) is 5.75 Å². The molecule has 0 bridgehead atoms. The molecule has 0 fully saturated rings. The zero-order valence-corrected chi connectivity index (χ0v) is 10.3. The first-order valence-electron chi connectivity index (χ1n) is 5.56. The molecule has 4 nitrogen and oxygen atoms in total. The molecule has 1 aromatic carbocycles. The van der Waals surface area contributed by atoms with Gasteiger partial charge in [-0.3, -0.25) is 4.79 Å². The van der Waals surface area contributed by atoms with Crippen LogP contribution in [0.3, 0.4) is 0 Å². The van der Waals surface area contributed by atoms with Crippen LogP contribution in [0.15, 0.2) is 36.5 Å². The fraction of sp³-hybridized carbons (Fsp3) is 0.154. The first-order chi connectivity index (χ1) is 9.37. The lowest BCUT2D eigenvalue weighted by atomic mass is 10.1. The predicted molar refractivity (Wildman–Crippen MR) is 63.3 cm³/mol. The number of halogens is 3. The quantitative estimate of drug-likeness (QED) is 0.812. The lowest BCUT2D eigenvalue weighted by molar-refractivity contribution is -0.274. The Hall–Kier alpha value is -2.44. The number of hydrogen-bond acceptors (Lipinski definition) is 4. The van der Waals surface area contributed by atoms with Gasteiger partial charge in [-0.15, -0.1) is 13.2 Å². The summed E-state index contributed by atoms with van der Waals surface area (Å²) in [6.45, 7) is 1.58. The van der Waals surface area contributed by atoms with Crippen molar-refractivity contribution in [2.24, 2.45) is 0 Å². The lowest BCUT2D eigenvalue weighted by Crippen LogP contribution is -2.19. The van der Waals surface area contributed by atoms with E-state index in [9.17, 15) is 18.0 Å². The average Bonchev–Trinajstić information content (AvgIpc) is 2.37. The molecule has 0 unspecified atom stereocenters.